The topological polar surface area (TPSA) is 46.5 Å². The highest BCUT2D eigenvalue weighted by Crippen LogP contribution is 2.38. The second-order valence-corrected chi connectivity index (χ2v) is 4.52. The molecule has 0 radical (unpaired) electrons. The van der Waals surface area contributed by atoms with Crippen LogP contribution < -0.4 is 0 Å². The minimum Gasteiger partial charge on any atom is -0.465 e. The Bertz CT molecular complexity index is 198. The zero-order valence-electron chi connectivity index (χ0n) is 6.78. The van der Waals surface area contributed by atoms with Crippen LogP contribution >= 0.6 is 11.8 Å². The standard InChI is InChI=1S/C8H12O3S/c9-7-6(1-3-11-7)8(10)2-4-12-5-8/h6,10H,1-5H2. The lowest BCUT2D eigenvalue weighted by atomic mass is 9.86. The van der Waals surface area contributed by atoms with Crippen LogP contribution in [0.1, 0.15) is 12.8 Å². The molecule has 2 rings (SSSR count). The Kier molecular flexibility index (Phi) is 2.04. The van der Waals surface area contributed by atoms with Crippen LogP contribution in [0.4, 0.5) is 0 Å². The quantitative estimate of drug-likeness (QED) is 0.606. The van der Waals surface area contributed by atoms with Gasteiger partial charge in [-0.25, -0.2) is 0 Å². The van der Waals surface area contributed by atoms with Gasteiger partial charge in [0.1, 0.15) is 0 Å². The summed E-state index contributed by atoms with van der Waals surface area (Å²) in [4.78, 5) is 11.2. The molecule has 1 N–H and O–H groups in total. The van der Waals surface area contributed by atoms with Gasteiger partial charge in [-0.05, 0) is 18.6 Å². The smallest absolute Gasteiger partial charge is 0.312 e. The van der Waals surface area contributed by atoms with Crippen molar-refractivity contribution in [3.8, 4) is 0 Å². The Labute approximate surface area is 75.5 Å². The molecule has 2 unspecified atom stereocenters. The van der Waals surface area contributed by atoms with Gasteiger partial charge >= 0.3 is 5.97 Å². The lowest BCUT2D eigenvalue weighted by Crippen LogP contribution is -2.40. The van der Waals surface area contributed by atoms with E-state index in [9.17, 15) is 9.90 Å². The molecule has 2 fully saturated rings. The molecule has 0 bridgehead atoms. The summed E-state index contributed by atoms with van der Waals surface area (Å²) in [5.74, 6) is 1.18. The first-order valence-electron chi connectivity index (χ1n) is 4.19. The maximum Gasteiger partial charge on any atom is 0.312 e. The summed E-state index contributed by atoms with van der Waals surface area (Å²) in [6, 6.07) is 0. The van der Waals surface area contributed by atoms with Gasteiger partial charge in [-0.15, -0.1) is 0 Å². The molecule has 0 spiro atoms. The molecular formula is C8H12O3S. The number of cyclic esters (lactones) is 1. The predicted octanol–water partition coefficient (Wildman–Crippen LogP) is 0.417. The number of thioether (sulfide) groups is 1. The van der Waals surface area contributed by atoms with Gasteiger partial charge in [0.15, 0.2) is 0 Å². The van der Waals surface area contributed by atoms with Crippen molar-refractivity contribution >= 4 is 17.7 Å². The largest absolute Gasteiger partial charge is 0.465 e. The molecular weight excluding hydrogens is 176 g/mol. The third-order valence-electron chi connectivity index (χ3n) is 2.62. The van der Waals surface area contributed by atoms with Crippen LogP contribution in [0, 0.1) is 5.92 Å². The molecule has 2 heterocycles. The molecule has 0 aromatic rings. The van der Waals surface area contributed by atoms with Crippen LogP contribution in [0.3, 0.4) is 0 Å². The number of aliphatic hydroxyl groups is 1. The van der Waals surface area contributed by atoms with E-state index in [2.05, 4.69) is 0 Å². The monoisotopic (exact) mass is 188 g/mol. The van der Waals surface area contributed by atoms with Gasteiger partial charge in [0.05, 0.1) is 18.1 Å². The number of carbonyl (C=O) groups is 1. The fraction of sp³-hybridized carbons (Fsp3) is 0.875. The molecule has 3 nitrogen and oxygen atoms in total. The molecule has 0 aliphatic carbocycles. The van der Waals surface area contributed by atoms with Crippen molar-refractivity contribution in [3.05, 3.63) is 0 Å². The third kappa shape index (κ3) is 1.23. The normalized spacial score (nSPS) is 41.8. The van der Waals surface area contributed by atoms with E-state index in [0.29, 0.717) is 18.8 Å². The number of ether oxygens (including phenoxy) is 1. The summed E-state index contributed by atoms with van der Waals surface area (Å²) in [7, 11) is 0. The first-order valence-corrected chi connectivity index (χ1v) is 5.35. The lowest BCUT2D eigenvalue weighted by Gasteiger charge is -2.25. The molecule has 2 aliphatic rings. The van der Waals surface area contributed by atoms with Crippen molar-refractivity contribution in [1.82, 2.24) is 0 Å². The van der Waals surface area contributed by atoms with E-state index in [0.717, 1.165) is 12.2 Å². The predicted molar refractivity (Wildman–Crippen MR) is 46.0 cm³/mol. The number of esters is 1. The Hall–Kier alpha value is -0.220. The average Bonchev–Trinajstić information content (AvgIpc) is 2.59. The summed E-state index contributed by atoms with van der Waals surface area (Å²) in [5, 5.41) is 10.0. The van der Waals surface area contributed by atoms with E-state index in [1.165, 1.54) is 0 Å². The molecule has 2 atom stereocenters. The van der Waals surface area contributed by atoms with Crippen molar-refractivity contribution in [1.29, 1.82) is 0 Å². The fourth-order valence-electron chi connectivity index (χ4n) is 1.83. The Morgan fingerprint density at radius 1 is 1.67 bits per heavy atom. The van der Waals surface area contributed by atoms with Crippen LogP contribution in [0.25, 0.3) is 0 Å². The van der Waals surface area contributed by atoms with Crippen molar-refractivity contribution in [2.75, 3.05) is 18.1 Å². The molecule has 0 saturated carbocycles. The van der Waals surface area contributed by atoms with Gasteiger partial charge in [0, 0.05) is 5.75 Å². The fourth-order valence-corrected chi connectivity index (χ4v) is 3.17. The van der Waals surface area contributed by atoms with Crippen LogP contribution in [0.2, 0.25) is 0 Å². The van der Waals surface area contributed by atoms with E-state index in [1.807, 2.05) is 0 Å². The highest BCUT2D eigenvalue weighted by atomic mass is 32.2. The summed E-state index contributed by atoms with van der Waals surface area (Å²) in [6.07, 6.45) is 1.42. The second-order valence-electron chi connectivity index (χ2n) is 3.41. The maximum atomic E-state index is 11.2. The lowest BCUT2D eigenvalue weighted by molar-refractivity contribution is -0.147. The molecule has 2 saturated heterocycles. The van der Waals surface area contributed by atoms with Gasteiger partial charge in [-0.3, -0.25) is 4.79 Å². The van der Waals surface area contributed by atoms with E-state index in [-0.39, 0.29) is 11.9 Å². The Balaban J connectivity index is 2.11. The number of carbonyl (C=O) groups excluding carboxylic acids is 1. The zero-order chi connectivity index (χ0) is 8.60. The van der Waals surface area contributed by atoms with E-state index < -0.39 is 5.60 Å². The maximum absolute atomic E-state index is 11.2. The van der Waals surface area contributed by atoms with Gasteiger partial charge in [0.25, 0.3) is 0 Å². The van der Waals surface area contributed by atoms with Gasteiger partial charge in [-0.1, -0.05) is 0 Å². The van der Waals surface area contributed by atoms with Crippen molar-refractivity contribution in [2.24, 2.45) is 5.92 Å². The van der Waals surface area contributed by atoms with E-state index in [4.69, 9.17) is 4.74 Å². The Morgan fingerprint density at radius 2 is 2.50 bits per heavy atom. The molecule has 68 valence electrons. The molecule has 0 amide bonds. The molecule has 0 aromatic heterocycles. The summed E-state index contributed by atoms with van der Waals surface area (Å²) in [6.45, 7) is 0.483. The van der Waals surface area contributed by atoms with Crippen molar-refractivity contribution in [3.63, 3.8) is 0 Å². The SMILES string of the molecule is O=C1OCCC1C1(O)CCSC1. The zero-order valence-corrected chi connectivity index (χ0v) is 7.60. The highest BCUT2D eigenvalue weighted by molar-refractivity contribution is 7.99. The van der Waals surface area contributed by atoms with E-state index in [1.54, 1.807) is 11.8 Å². The number of hydrogen-bond donors (Lipinski definition) is 1. The van der Waals surface area contributed by atoms with E-state index >= 15 is 0 Å². The van der Waals surface area contributed by atoms with Gasteiger partial charge in [0.2, 0.25) is 0 Å². The third-order valence-corrected chi connectivity index (χ3v) is 3.81. The summed E-state index contributed by atoms with van der Waals surface area (Å²) >= 11 is 1.71. The number of hydrogen-bond acceptors (Lipinski definition) is 4. The first kappa shape index (κ1) is 8.38. The van der Waals surface area contributed by atoms with Gasteiger partial charge in [-0.2, -0.15) is 11.8 Å². The molecule has 12 heavy (non-hydrogen) atoms. The first-order chi connectivity index (χ1) is 5.72. The summed E-state index contributed by atoms with van der Waals surface area (Å²) in [5.41, 5.74) is -0.766. The average molecular weight is 188 g/mol. The van der Waals surface area contributed by atoms with Crippen molar-refractivity contribution < 1.29 is 14.6 Å². The Morgan fingerprint density at radius 3 is 3.00 bits per heavy atom. The summed E-state index contributed by atoms with van der Waals surface area (Å²) < 4.78 is 4.83. The second kappa shape index (κ2) is 2.92. The van der Waals surface area contributed by atoms with Crippen LogP contribution in [-0.4, -0.2) is 34.8 Å². The molecule has 4 heteroatoms. The minimum absolute atomic E-state index is 0.208. The van der Waals surface area contributed by atoms with Crippen LogP contribution in [0.15, 0.2) is 0 Å². The van der Waals surface area contributed by atoms with Gasteiger partial charge < -0.3 is 9.84 Å². The van der Waals surface area contributed by atoms with Crippen LogP contribution in [0.5, 0.6) is 0 Å². The molecule has 0 aromatic carbocycles. The molecule has 2 aliphatic heterocycles. The van der Waals surface area contributed by atoms with Crippen molar-refractivity contribution in [2.45, 2.75) is 18.4 Å². The van der Waals surface area contributed by atoms with Crippen LogP contribution in [-0.2, 0) is 9.53 Å². The minimum atomic E-state index is -0.766. The number of rotatable bonds is 1. The highest BCUT2D eigenvalue weighted by Gasteiger charge is 2.46.